The molecule has 2 unspecified atom stereocenters. The van der Waals surface area contributed by atoms with E-state index in [0.29, 0.717) is 6.42 Å². The number of carbonyl (C=O) groups excluding carboxylic acids is 2. The van der Waals surface area contributed by atoms with Gasteiger partial charge in [-0.3, -0.25) is 9.59 Å². The zero-order valence-corrected chi connectivity index (χ0v) is 12.6. The molecule has 6 nitrogen and oxygen atoms in total. The summed E-state index contributed by atoms with van der Waals surface area (Å²) in [5.74, 6) is -0.393. The highest BCUT2D eigenvalue weighted by Gasteiger charge is 2.22. The maximum atomic E-state index is 12.8. The van der Waals surface area contributed by atoms with Crippen LogP contribution >= 0.6 is 0 Å². The molecular weight excluding hydrogens is 275 g/mol. The van der Waals surface area contributed by atoms with Crippen LogP contribution < -0.4 is 10.6 Å². The number of hydrogen-bond acceptors (Lipinski definition) is 3. The summed E-state index contributed by atoms with van der Waals surface area (Å²) in [4.78, 5) is 30.7. The SMILES string of the molecule is CC(C)CC(=O)NC(Cc1cnc[nH]1)C(=O)NCC(C)F. The lowest BCUT2D eigenvalue weighted by Crippen LogP contribution is -2.49. The number of hydrogen-bond donors (Lipinski definition) is 3. The lowest BCUT2D eigenvalue weighted by molar-refractivity contribution is -0.129. The normalized spacial score (nSPS) is 13.8. The Balaban J connectivity index is 2.64. The van der Waals surface area contributed by atoms with Crippen molar-refractivity contribution >= 4 is 11.8 Å². The lowest BCUT2D eigenvalue weighted by Gasteiger charge is -2.18. The first kappa shape index (κ1) is 17.1. The van der Waals surface area contributed by atoms with E-state index in [4.69, 9.17) is 0 Å². The molecule has 0 aliphatic rings. The molecule has 21 heavy (non-hydrogen) atoms. The van der Waals surface area contributed by atoms with Crippen molar-refractivity contribution in [3.63, 3.8) is 0 Å². The monoisotopic (exact) mass is 298 g/mol. The van der Waals surface area contributed by atoms with Crippen LogP contribution in [0.2, 0.25) is 0 Å². The van der Waals surface area contributed by atoms with E-state index in [0.717, 1.165) is 5.69 Å². The van der Waals surface area contributed by atoms with Crippen molar-refractivity contribution in [2.75, 3.05) is 6.54 Å². The number of carbonyl (C=O) groups is 2. The van der Waals surface area contributed by atoms with E-state index >= 15 is 0 Å². The van der Waals surface area contributed by atoms with Gasteiger partial charge in [0, 0.05) is 31.3 Å². The standard InChI is InChI=1S/C14H23FN4O2/c1-9(2)4-13(20)19-12(5-11-7-16-8-18-11)14(21)17-6-10(3)15/h7-10,12H,4-6H2,1-3H3,(H,16,18)(H,17,21)(H,19,20). The van der Waals surface area contributed by atoms with E-state index in [9.17, 15) is 14.0 Å². The third-order valence-electron chi connectivity index (χ3n) is 2.78. The van der Waals surface area contributed by atoms with Gasteiger partial charge in [0.25, 0.3) is 0 Å². The van der Waals surface area contributed by atoms with Crippen LogP contribution in [0, 0.1) is 5.92 Å². The van der Waals surface area contributed by atoms with E-state index in [-0.39, 0.29) is 24.8 Å². The predicted octanol–water partition coefficient (Wildman–Crippen LogP) is 0.957. The molecule has 0 aromatic carbocycles. The Kier molecular flexibility index (Phi) is 6.84. The molecule has 1 heterocycles. The van der Waals surface area contributed by atoms with Crippen molar-refractivity contribution in [3.8, 4) is 0 Å². The van der Waals surface area contributed by atoms with Gasteiger partial charge in [0.15, 0.2) is 0 Å². The lowest BCUT2D eigenvalue weighted by atomic mass is 10.1. The number of aromatic nitrogens is 2. The molecule has 118 valence electrons. The molecular formula is C14H23FN4O2. The molecule has 2 amide bonds. The van der Waals surface area contributed by atoms with E-state index in [1.165, 1.54) is 13.3 Å². The van der Waals surface area contributed by atoms with Gasteiger partial charge in [0.1, 0.15) is 12.2 Å². The summed E-state index contributed by atoms with van der Waals surface area (Å²) in [6.45, 7) is 5.14. The summed E-state index contributed by atoms with van der Waals surface area (Å²) in [7, 11) is 0. The maximum Gasteiger partial charge on any atom is 0.243 e. The number of H-pyrrole nitrogens is 1. The summed E-state index contributed by atoms with van der Waals surface area (Å²) in [6.07, 6.45) is 2.59. The van der Waals surface area contributed by atoms with Crippen LogP contribution in [-0.4, -0.2) is 40.5 Å². The second-order valence-electron chi connectivity index (χ2n) is 5.52. The van der Waals surface area contributed by atoms with E-state index in [1.54, 1.807) is 6.20 Å². The highest BCUT2D eigenvalue weighted by Crippen LogP contribution is 2.03. The molecule has 3 N–H and O–H groups in total. The first-order chi connectivity index (χ1) is 9.88. The van der Waals surface area contributed by atoms with Gasteiger partial charge in [0.2, 0.25) is 11.8 Å². The molecule has 1 rings (SSSR count). The van der Waals surface area contributed by atoms with Gasteiger partial charge in [-0.15, -0.1) is 0 Å². The maximum absolute atomic E-state index is 12.8. The van der Waals surface area contributed by atoms with Crippen LogP contribution in [0.25, 0.3) is 0 Å². The fourth-order valence-corrected chi connectivity index (χ4v) is 1.81. The van der Waals surface area contributed by atoms with Crippen molar-refractivity contribution in [3.05, 3.63) is 18.2 Å². The highest BCUT2D eigenvalue weighted by molar-refractivity contribution is 5.87. The number of halogens is 1. The van der Waals surface area contributed by atoms with Crippen LogP contribution in [-0.2, 0) is 16.0 Å². The Morgan fingerprint density at radius 1 is 1.38 bits per heavy atom. The number of alkyl halides is 1. The van der Waals surface area contributed by atoms with Crippen LogP contribution in [0.15, 0.2) is 12.5 Å². The van der Waals surface area contributed by atoms with Gasteiger partial charge < -0.3 is 15.6 Å². The number of imidazole rings is 1. The van der Waals surface area contributed by atoms with Crippen LogP contribution in [0.3, 0.4) is 0 Å². The summed E-state index contributed by atoms with van der Waals surface area (Å²) in [5, 5.41) is 5.18. The fraction of sp³-hybridized carbons (Fsp3) is 0.643. The second-order valence-corrected chi connectivity index (χ2v) is 5.52. The van der Waals surface area contributed by atoms with Gasteiger partial charge in [-0.05, 0) is 12.8 Å². The van der Waals surface area contributed by atoms with Crippen LogP contribution in [0.5, 0.6) is 0 Å². The summed E-state index contributed by atoms with van der Waals surface area (Å²) >= 11 is 0. The van der Waals surface area contributed by atoms with Crippen molar-refractivity contribution in [2.24, 2.45) is 5.92 Å². The highest BCUT2D eigenvalue weighted by atomic mass is 19.1. The summed E-state index contributed by atoms with van der Waals surface area (Å²) in [5.41, 5.74) is 0.730. The Hall–Kier alpha value is -1.92. The molecule has 0 aliphatic heterocycles. The molecule has 0 fully saturated rings. The summed E-state index contributed by atoms with van der Waals surface area (Å²) < 4.78 is 12.8. The Labute approximate surface area is 123 Å². The van der Waals surface area contributed by atoms with Crippen molar-refractivity contribution in [2.45, 2.75) is 45.8 Å². The molecule has 1 aromatic rings. The topological polar surface area (TPSA) is 86.9 Å². The minimum Gasteiger partial charge on any atom is -0.351 e. The van der Waals surface area contributed by atoms with E-state index < -0.39 is 18.1 Å². The molecule has 0 aliphatic carbocycles. The average molecular weight is 298 g/mol. The van der Waals surface area contributed by atoms with Crippen LogP contribution in [0.4, 0.5) is 4.39 Å². The Bertz CT molecular complexity index is 446. The molecule has 0 spiro atoms. The Morgan fingerprint density at radius 2 is 2.10 bits per heavy atom. The molecule has 7 heteroatoms. The van der Waals surface area contributed by atoms with Crippen molar-refractivity contribution in [1.82, 2.24) is 20.6 Å². The number of rotatable bonds is 8. The zero-order chi connectivity index (χ0) is 15.8. The number of nitrogens with zero attached hydrogens (tertiary/aromatic N) is 1. The van der Waals surface area contributed by atoms with Gasteiger partial charge in [-0.1, -0.05) is 13.8 Å². The van der Waals surface area contributed by atoms with Crippen molar-refractivity contribution < 1.29 is 14.0 Å². The molecule has 0 radical (unpaired) electrons. The fourth-order valence-electron chi connectivity index (χ4n) is 1.81. The predicted molar refractivity (Wildman–Crippen MR) is 77.3 cm³/mol. The zero-order valence-electron chi connectivity index (χ0n) is 12.6. The number of aromatic amines is 1. The first-order valence-corrected chi connectivity index (χ1v) is 7.07. The molecule has 1 aromatic heterocycles. The quantitative estimate of drug-likeness (QED) is 0.668. The minimum absolute atomic E-state index is 0.0711. The smallest absolute Gasteiger partial charge is 0.243 e. The van der Waals surface area contributed by atoms with Gasteiger partial charge >= 0.3 is 0 Å². The third-order valence-corrected chi connectivity index (χ3v) is 2.78. The van der Waals surface area contributed by atoms with Crippen LogP contribution in [0.1, 0.15) is 32.9 Å². The largest absolute Gasteiger partial charge is 0.351 e. The van der Waals surface area contributed by atoms with E-state index in [2.05, 4.69) is 20.6 Å². The molecule has 0 bridgehead atoms. The number of amides is 2. The first-order valence-electron chi connectivity index (χ1n) is 7.07. The molecule has 0 saturated carbocycles. The van der Waals surface area contributed by atoms with Crippen molar-refractivity contribution in [1.29, 1.82) is 0 Å². The minimum atomic E-state index is -1.13. The van der Waals surface area contributed by atoms with E-state index in [1.807, 2.05) is 13.8 Å². The third kappa shape index (κ3) is 6.87. The van der Waals surface area contributed by atoms with Gasteiger partial charge in [-0.25, -0.2) is 9.37 Å². The summed E-state index contributed by atoms with van der Waals surface area (Å²) in [6, 6.07) is -0.740. The second kappa shape index (κ2) is 8.39. The average Bonchev–Trinajstić information content (AvgIpc) is 2.87. The Morgan fingerprint density at radius 3 is 2.62 bits per heavy atom. The molecule has 2 atom stereocenters. The number of nitrogens with one attached hydrogen (secondary N) is 3. The van der Waals surface area contributed by atoms with Gasteiger partial charge in [-0.2, -0.15) is 0 Å². The molecule has 0 saturated heterocycles. The van der Waals surface area contributed by atoms with Gasteiger partial charge in [0.05, 0.1) is 6.33 Å².